The Labute approximate surface area is 124 Å². The van der Waals surface area contributed by atoms with E-state index in [1.807, 2.05) is 13.0 Å². The highest BCUT2D eigenvalue weighted by atomic mass is 32.2. The van der Waals surface area contributed by atoms with Crippen molar-refractivity contribution in [3.8, 4) is 0 Å². The molecule has 0 aromatic carbocycles. The molecule has 1 aliphatic rings. The molecule has 1 aliphatic carbocycles. The molecule has 2 N–H and O–H groups in total. The van der Waals surface area contributed by atoms with Crippen LogP contribution in [0.3, 0.4) is 0 Å². The van der Waals surface area contributed by atoms with E-state index < -0.39 is 10.0 Å². The van der Waals surface area contributed by atoms with Crippen LogP contribution in [-0.2, 0) is 10.0 Å². The summed E-state index contributed by atoms with van der Waals surface area (Å²) in [5, 5.41) is 0.0900. The maximum absolute atomic E-state index is 13.0. The van der Waals surface area contributed by atoms with E-state index in [2.05, 4.69) is 4.98 Å². The third-order valence-electron chi connectivity index (χ3n) is 3.73. The van der Waals surface area contributed by atoms with E-state index in [9.17, 15) is 8.42 Å². The van der Waals surface area contributed by atoms with Crippen LogP contribution >= 0.6 is 0 Å². The Balaban J connectivity index is 2.07. The van der Waals surface area contributed by atoms with Gasteiger partial charge in [-0.05, 0) is 37.3 Å². The van der Waals surface area contributed by atoms with Gasteiger partial charge in [0.25, 0.3) is 10.0 Å². The highest BCUT2D eigenvalue weighted by Gasteiger charge is 2.34. The van der Waals surface area contributed by atoms with Crippen molar-refractivity contribution in [2.75, 3.05) is 18.8 Å². The number of hydrogen-bond donors (Lipinski definition) is 1. The lowest BCUT2D eigenvalue weighted by atomic mass is 10.4. The second kappa shape index (κ2) is 5.31. The van der Waals surface area contributed by atoms with Crippen LogP contribution in [0.4, 0.5) is 5.82 Å². The Hall–Kier alpha value is -1.60. The molecular weight excluding hydrogens is 288 g/mol. The van der Waals surface area contributed by atoms with Crippen molar-refractivity contribution in [1.82, 2.24) is 13.7 Å². The first-order valence-electron chi connectivity index (χ1n) is 7.26. The maximum Gasteiger partial charge on any atom is 0.262 e. The fourth-order valence-corrected chi connectivity index (χ4v) is 4.31. The third-order valence-corrected chi connectivity index (χ3v) is 5.63. The van der Waals surface area contributed by atoms with Gasteiger partial charge in [0.15, 0.2) is 10.8 Å². The lowest BCUT2D eigenvalue weighted by Gasteiger charge is -2.21. The van der Waals surface area contributed by atoms with E-state index in [1.165, 1.54) is 0 Å². The average molecular weight is 308 g/mol. The Kier molecular flexibility index (Phi) is 3.62. The summed E-state index contributed by atoms with van der Waals surface area (Å²) in [6.07, 6.45) is 4.69. The highest BCUT2D eigenvalue weighted by Crippen LogP contribution is 2.32. The second-order valence-corrected chi connectivity index (χ2v) is 7.39. The van der Waals surface area contributed by atoms with Gasteiger partial charge in [0, 0.05) is 19.3 Å². The summed E-state index contributed by atoms with van der Waals surface area (Å²) < 4.78 is 29.0. The van der Waals surface area contributed by atoms with Gasteiger partial charge in [0.1, 0.15) is 5.65 Å². The Morgan fingerprint density at radius 3 is 2.86 bits per heavy atom. The van der Waals surface area contributed by atoms with Gasteiger partial charge in [-0.2, -0.15) is 4.31 Å². The molecular formula is C14H20N4O2S. The second-order valence-electron chi connectivity index (χ2n) is 5.54. The first-order chi connectivity index (χ1) is 10.0. The third kappa shape index (κ3) is 2.63. The molecule has 2 aromatic rings. The van der Waals surface area contributed by atoms with E-state index in [4.69, 9.17) is 5.73 Å². The highest BCUT2D eigenvalue weighted by molar-refractivity contribution is 7.89. The van der Waals surface area contributed by atoms with Gasteiger partial charge in [0.2, 0.25) is 0 Å². The number of aromatic nitrogens is 2. The number of sulfonamides is 1. The molecule has 0 bridgehead atoms. The molecule has 3 rings (SSSR count). The molecule has 0 atom stereocenters. The number of nitrogen functional groups attached to an aromatic ring is 1. The molecule has 0 unspecified atom stereocenters. The number of fused-ring (bicyclic) bond motifs is 1. The van der Waals surface area contributed by atoms with Crippen molar-refractivity contribution in [3.63, 3.8) is 0 Å². The zero-order chi connectivity index (χ0) is 15.0. The summed E-state index contributed by atoms with van der Waals surface area (Å²) in [6, 6.07) is 5.34. The summed E-state index contributed by atoms with van der Waals surface area (Å²) in [4.78, 5) is 4.15. The summed E-state index contributed by atoms with van der Waals surface area (Å²) in [5.41, 5.74) is 6.43. The van der Waals surface area contributed by atoms with Gasteiger partial charge in [0.05, 0.1) is 0 Å². The van der Waals surface area contributed by atoms with Gasteiger partial charge >= 0.3 is 0 Å². The number of hydrogen-bond acceptors (Lipinski definition) is 4. The van der Waals surface area contributed by atoms with Crippen LogP contribution < -0.4 is 5.73 Å². The molecule has 2 aromatic heterocycles. The lowest BCUT2D eigenvalue weighted by molar-refractivity contribution is 0.394. The van der Waals surface area contributed by atoms with Gasteiger partial charge in [-0.15, -0.1) is 0 Å². The van der Waals surface area contributed by atoms with Crippen molar-refractivity contribution in [3.05, 3.63) is 24.4 Å². The fourth-order valence-electron chi connectivity index (χ4n) is 2.52. The molecule has 0 radical (unpaired) electrons. The topological polar surface area (TPSA) is 80.7 Å². The first-order valence-corrected chi connectivity index (χ1v) is 8.70. The van der Waals surface area contributed by atoms with Crippen LogP contribution in [0.15, 0.2) is 29.4 Å². The summed E-state index contributed by atoms with van der Waals surface area (Å²) >= 11 is 0. The zero-order valence-electron chi connectivity index (χ0n) is 12.1. The SMILES string of the molecule is CCCN(CC1CC1)S(=O)(=O)c1c(N)nc2ccccn12. The van der Waals surface area contributed by atoms with Crippen LogP contribution in [0.25, 0.3) is 5.65 Å². The quantitative estimate of drug-likeness (QED) is 0.881. The largest absolute Gasteiger partial charge is 0.381 e. The molecule has 0 saturated heterocycles. The predicted octanol–water partition coefficient (Wildman–Crippen LogP) is 1.73. The summed E-state index contributed by atoms with van der Waals surface area (Å²) in [6.45, 7) is 3.07. The molecule has 1 saturated carbocycles. The van der Waals surface area contributed by atoms with Gasteiger partial charge in [-0.3, -0.25) is 4.40 Å². The van der Waals surface area contributed by atoms with Gasteiger partial charge in [-0.1, -0.05) is 13.0 Å². The first kappa shape index (κ1) is 14.3. The normalized spacial score (nSPS) is 15.9. The van der Waals surface area contributed by atoms with Gasteiger partial charge < -0.3 is 5.73 Å². The number of pyridine rings is 1. The van der Waals surface area contributed by atoms with Crippen LogP contribution in [0.2, 0.25) is 0 Å². The van der Waals surface area contributed by atoms with E-state index in [0.717, 1.165) is 19.3 Å². The minimum absolute atomic E-state index is 0.0677. The minimum atomic E-state index is -3.62. The molecule has 21 heavy (non-hydrogen) atoms. The fraction of sp³-hybridized carbons (Fsp3) is 0.500. The molecule has 114 valence electrons. The molecule has 0 aliphatic heterocycles. The number of imidazole rings is 1. The standard InChI is InChI=1S/C14H20N4O2S/c1-2-8-17(10-11-6-7-11)21(19,20)14-13(15)16-12-5-3-4-9-18(12)14/h3-5,9,11H,2,6-8,10,15H2,1H3. The Morgan fingerprint density at radius 1 is 1.43 bits per heavy atom. The van der Waals surface area contributed by atoms with E-state index >= 15 is 0 Å². The number of nitrogens with two attached hydrogens (primary N) is 1. The monoisotopic (exact) mass is 308 g/mol. The molecule has 2 heterocycles. The van der Waals surface area contributed by atoms with E-state index in [-0.39, 0.29) is 10.8 Å². The molecule has 6 nitrogen and oxygen atoms in total. The zero-order valence-corrected chi connectivity index (χ0v) is 12.9. The van der Waals surface area contributed by atoms with Crippen LogP contribution in [0.1, 0.15) is 26.2 Å². The maximum atomic E-state index is 13.0. The van der Waals surface area contributed by atoms with Crippen molar-refractivity contribution in [1.29, 1.82) is 0 Å². The minimum Gasteiger partial charge on any atom is -0.381 e. The number of rotatable bonds is 6. The van der Waals surface area contributed by atoms with Crippen molar-refractivity contribution >= 4 is 21.5 Å². The summed E-state index contributed by atoms with van der Waals surface area (Å²) in [5.74, 6) is 0.560. The number of nitrogens with zero attached hydrogens (tertiary/aromatic N) is 3. The Bertz CT molecular complexity index is 749. The van der Waals surface area contributed by atoms with Crippen molar-refractivity contribution in [2.24, 2.45) is 5.92 Å². The number of anilines is 1. The van der Waals surface area contributed by atoms with Crippen molar-refractivity contribution < 1.29 is 8.42 Å². The average Bonchev–Trinajstić information content (AvgIpc) is 3.18. The van der Waals surface area contributed by atoms with Crippen LogP contribution in [0, 0.1) is 5.92 Å². The lowest BCUT2D eigenvalue weighted by Crippen LogP contribution is -2.34. The van der Waals surface area contributed by atoms with E-state index in [1.54, 1.807) is 27.0 Å². The molecule has 0 spiro atoms. The van der Waals surface area contributed by atoms with Crippen molar-refractivity contribution in [2.45, 2.75) is 31.2 Å². The van der Waals surface area contributed by atoms with Crippen LogP contribution in [-0.4, -0.2) is 35.2 Å². The van der Waals surface area contributed by atoms with Gasteiger partial charge in [-0.25, -0.2) is 13.4 Å². The predicted molar refractivity (Wildman–Crippen MR) is 81.4 cm³/mol. The summed E-state index contributed by atoms with van der Waals surface area (Å²) in [7, 11) is -3.62. The smallest absolute Gasteiger partial charge is 0.262 e. The molecule has 0 amide bonds. The Morgan fingerprint density at radius 2 is 2.19 bits per heavy atom. The van der Waals surface area contributed by atoms with Crippen LogP contribution in [0.5, 0.6) is 0 Å². The molecule has 1 fully saturated rings. The van der Waals surface area contributed by atoms with E-state index in [0.29, 0.717) is 24.7 Å². The molecule has 7 heteroatoms.